The highest BCUT2D eigenvalue weighted by Gasteiger charge is 2.44. The molecule has 0 rings (SSSR count). The monoisotopic (exact) mass is 323 g/mol. The summed E-state index contributed by atoms with van der Waals surface area (Å²) in [4.78, 5) is 24.0. The lowest BCUT2D eigenvalue weighted by Gasteiger charge is -2.35. The minimum absolute atomic E-state index is 0.159. The highest BCUT2D eigenvalue weighted by atomic mass is 28.4. The van der Waals surface area contributed by atoms with Gasteiger partial charge in [-0.1, -0.05) is 0 Å². The van der Waals surface area contributed by atoms with Crippen molar-refractivity contribution in [2.45, 2.75) is 30.8 Å². The van der Waals surface area contributed by atoms with Gasteiger partial charge < -0.3 is 23.5 Å². The van der Waals surface area contributed by atoms with E-state index in [0.717, 1.165) is 0 Å². The van der Waals surface area contributed by atoms with E-state index in [1.54, 1.807) is 14.1 Å². The molecule has 9 heteroatoms. The largest absolute Gasteiger partial charge is 0.500 e. The maximum atomic E-state index is 11.6. The Morgan fingerprint density at radius 1 is 1.10 bits per heavy atom. The Labute approximate surface area is 126 Å². The smallest absolute Gasteiger partial charge is 0.481 e. The van der Waals surface area contributed by atoms with Crippen molar-refractivity contribution in [1.82, 2.24) is 4.90 Å². The second kappa shape index (κ2) is 8.44. The van der Waals surface area contributed by atoms with Crippen molar-refractivity contribution in [3.05, 3.63) is 0 Å². The first-order valence-corrected chi connectivity index (χ1v) is 8.41. The average molecular weight is 323 g/mol. The normalized spacial score (nSPS) is 15.0. The molecule has 1 unspecified atom stereocenters. The number of hydrogen-bond donors (Lipinski definition) is 2. The molecule has 1 atom stereocenters. The molecule has 21 heavy (non-hydrogen) atoms. The third-order valence-corrected chi connectivity index (χ3v) is 6.54. The first-order chi connectivity index (χ1) is 9.69. The molecule has 0 heterocycles. The lowest BCUT2D eigenvalue weighted by Crippen LogP contribution is -2.53. The van der Waals surface area contributed by atoms with E-state index >= 15 is 0 Å². The van der Waals surface area contributed by atoms with Gasteiger partial charge in [0.2, 0.25) is 0 Å². The molecule has 0 aromatic heterocycles. The number of carbonyl (C=O) groups is 2. The van der Waals surface area contributed by atoms with Gasteiger partial charge in [-0.3, -0.25) is 14.5 Å². The van der Waals surface area contributed by atoms with Gasteiger partial charge in [-0.05, 0) is 26.9 Å². The lowest BCUT2D eigenvalue weighted by molar-refractivity contribution is -0.157. The Morgan fingerprint density at radius 2 is 1.57 bits per heavy atom. The second-order valence-corrected chi connectivity index (χ2v) is 8.04. The van der Waals surface area contributed by atoms with Gasteiger partial charge in [-0.2, -0.15) is 0 Å². The van der Waals surface area contributed by atoms with Crippen molar-refractivity contribution < 1.29 is 33.1 Å². The number of carboxylic acid groups (broad SMARTS) is 2. The highest BCUT2D eigenvalue weighted by molar-refractivity contribution is 6.60. The summed E-state index contributed by atoms with van der Waals surface area (Å²) in [5.74, 6) is -2.31. The van der Waals surface area contributed by atoms with Crippen LogP contribution in [0.3, 0.4) is 0 Å². The van der Waals surface area contributed by atoms with Crippen molar-refractivity contribution >= 4 is 20.7 Å². The summed E-state index contributed by atoms with van der Waals surface area (Å²) in [5, 5.41) is 18.4. The molecule has 0 radical (unpaired) electrons. The zero-order valence-corrected chi connectivity index (χ0v) is 14.2. The van der Waals surface area contributed by atoms with Gasteiger partial charge in [-0.15, -0.1) is 0 Å². The molecule has 0 aliphatic carbocycles. The van der Waals surface area contributed by atoms with E-state index in [0.29, 0.717) is 12.5 Å². The van der Waals surface area contributed by atoms with Crippen molar-refractivity contribution in [2.75, 3.05) is 35.4 Å². The van der Waals surface area contributed by atoms with Gasteiger partial charge in [0, 0.05) is 27.4 Å². The van der Waals surface area contributed by atoms with Crippen LogP contribution in [-0.2, 0) is 22.9 Å². The fourth-order valence-electron chi connectivity index (χ4n) is 2.25. The Bertz CT molecular complexity index is 351. The molecule has 124 valence electrons. The molecule has 0 aliphatic heterocycles. The predicted molar refractivity (Wildman–Crippen MR) is 77.1 cm³/mol. The van der Waals surface area contributed by atoms with Gasteiger partial charge in [0.15, 0.2) is 0 Å². The Balaban J connectivity index is 5.00. The Hall–Kier alpha value is -1.00. The minimum atomic E-state index is -2.79. The van der Waals surface area contributed by atoms with E-state index in [4.69, 9.17) is 18.4 Å². The summed E-state index contributed by atoms with van der Waals surface area (Å²) >= 11 is 0. The molecular formula is C12H25NO7Si. The van der Waals surface area contributed by atoms with Crippen LogP contribution >= 0.6 is 0 Å². The molecule has 0 aliphatic rings. The number of rotatable bonds is 11. The summed E-state index contributed by atoms with van der Waals surface area (Å²) in [5.41, 5.74) is -1.46. The summed E-state index contributed by atoms with van der Waals surface area (Å²) in [7, 11) is 4.77. The van der Waals surface area contributed by atoms with Crippen LogP contribution in [0.2, 0.25) is 6.04 Å². The molecule has 0 amide bonds. The van der Waals surface area contributed by atoms with Crippen LogP contribution in [-0.4, -0.2) is 76.8 Å². The molecule has 2 N–H and O–H groups in total. The van der Waals surface area contributed by atoms with Crippen LogP contribution in [0, 0.1) is 0 Å². The number of hydrogen-bond acceptors (Lipinski definition) is 6. The van der Waals surface area contributed by atoms with E-state index in [9.17, 15) is 14.7 Å². The van der Waals surface area contributed by atoms with Gasteiger partial charge >= 0.3 is 20.7 Å². The molecule has 0 spiro atoms. The topological polar surface area (TPSA) is 106 Å². The SMILES string of the molecule is CO[Si](CCCC(CC(=O)O)(C(=O)O)N(C)C)(OC)OC. The number of nitrogens with zero attached hydrogens (tertiary/aromatic N) is 1. The van der Waals surface area contributed by atoms with E-state index in [2.05, 4.69) is 0 Å². The summed E-state index contributed by atoms with van der Waals surface area (Å²) in [6.45, 7) is 0. The zero-order valence-electron chi connectivity index (χ0n) is 13.2. The molecule has 0 bridgehead atoms. The molecule has 0 saturated heterocycles. The fraction of sp³-hybridized carbons (Fsp3) is 0.833. The standard InChI is InChI=1S/C12H25NO7Si/c1-13(2)12(11(16)17,9-10(14)15)7-6-8-21(18-3,19-4)20-5/h6-9H2,1-5H3,(H,14,15)(H,16,17). The number of carboxylic acids is 2. The Morgan fingerprint density at radius 3 is 1.86 bits per heavy atom. The van der Waals surface area contributed by atoms with Gasteiger partial charge in [0.25, 0.3) is 0 Å². The molecule has 0 fully saturated rings. The minimum Gasteiger partial charge on any atom is -0.481 e. The van der Waals surface area contributed by atoms with Crippen molar-refractivity contribution in [2.24, 2.45) is 0 Å². The van der Waals surface area contributed by atoms with Crippen LogP contribution in [0.25, 0.3) is 0 Å². The van der Waals surface area contributed by atoms with E-state index in [-0.39, 0.29) is 6.42 Å². The van der Waals surface area contributed by atoms with Gasteiger partial charge in [-0.25, -0.2) is 0 Å². The molecular weight excluding hydrogens is 298 g/mol. The van der Waals surface area contributed by atoms with E-state index in [1.165, 1.54) is 26.2 Å². The third-order valence-electron chi connectivity index (χ3n) is 3.70. The van der Waals surface area contributed by atoms with Crippen LogP contribution in [0.4, 0.5) is 0 Å². The number of likely N-dealkylation sites (N-methyl/N-ethyl adjacent to an activating group) is 1. The molecule has 8 nitrogen and oxygen atoms in total. The first kappa shape index (κ1) is 20.0. The highest BCUT2D eigenvalue weighted by Crippen LogP contribution is 2.27. The van der Waals surface area contributed by atoms with E-state index < -0.39 is 32.7 Å². The predicted octanol–water partition coefficient (Wildman–Crippen LogP) is 0.504. The maximum Gasteiger partial charge on any atom is 0.500 e. The number of aliphatic carboxylic acids is 2. The van der Waals surface area contributed by atoms with Gasteiger partial charge in [0.1, 0.15) is 5.54 Å². The quantitative estimate of drug-likeness (QED) is 0.530. The van der Waals surface area contributed by atoms with Crippen LogP contribution in [0.15, 0.2) is 0 Å². The average Bonchev–Trinajstić information content (AvgIpc) is 2.42. The van der Waals surface area contributed by atoms with Gasteiger partial charge in [0.05, 0.1) is 6.42 Å². The zero-order chi connectivity index (χ0) is 16.7. The molecule has 0 saturated carbocycles. The van der Waals surface area contributed by atoms with Crippen molar-refractivity contribution in [1.29, 1.82) is 0 Å². The maximum absolute atomic E-state index is 11.6. The Kier molecular flexibility index (Phi) is 8.04. The van der Waals surface area contributed by atoms with Crippen molar-refractivity contribution in [3.8, 4) is 0 Å². The second-order valence-electron chi connectivity index (χ2n) is 4.95. The summed E-state index contributed by atoms with van der Waals surface area (Å²) < 4.78 is 15.8. The first-order valence-electron chi connectivity index (χ1n) is 6.47. The van der Waals surface area contributed by atoms with Crippen LogP contribution < -0.4 is 0 Å². The summed E-state index contributed by atoms with van der Waals surface area (Å²) in [6.07, 6.45) is 0.100. The van der Waals surface area contributed by atoms with Crippen LogP contribution in [0.5, 0.6) is 0 Å². The third kappa shape index (κ3) is 5.04. The van der Waals surface area contributed by atoms with Crippen molar-refractivity contribution in [3.63, 3.8) is 0 Å². The van der Waals surface area contributed by atoms with Crippen LogP contribution in [0.1, 0.15) is 19.3 Å². The van der Waals surface area contributed by atoms with E-state index in [1.807, 2.05) is 0 Å². The summed E-state index contributed by atoms with van der Waals surface area (Å²) in [6, 6.07) is 0.416. The lowest BCUT2D eigenvalue weighted by atomic mass is 9.88. The fourth-order valence-corrected chi connectivity index (χ4v) is 3.97. The molecule has 0 aromatic carbocycles. The molecule has 0 aromatic rings.